The molecule has 0 unspecified atom stereocenters. The molecule has 16 heavy (non-hydrogen) atoms. The number of hydrogen-bond acceptors (Lipinski definition) is 5. The highest BCUT2D eigenvalue weighted by atomic mass is 19.1. The maximum atomic E-state index is 13.4. The second-order valence-electron chi connectivity index (χ2n) is 2.96. The number of nitrogen functional groups attached to an aromatic ring is 1. The first-order valence-corrected chi connectivity index (χ1v) is 4.20. The summed E-state index contributed by atoms with van der Waals surface area (Å²) < 4.78 is 13.4. The van der Waals surface area contributed by atoms with Crippen molar-refractivity contribution in [1.29, 1.82) is 0 Å². The van der Waals surface area contributed by atoms with Gasteiger partial charge in [-0.05, 0) is 6.07 Å². The van der Waals surface area contributed by atoms with Crippen molar-refractivity contribution < 1.29 is 9.31 Å². The predicted octanol–water partition coefficient (Wildman–Crippen LogP) is 1.10. The molecule has 1 heterocycles. The zero-order chi connectivity index (χ0) is 11.7. The molecule has 2 rings (SSSR count). The van der Waals surface area contributed by atoms with Gasteiger partial charge in [0, 0.05) is 12.1 Å². The third-order valence-electron chi connectivity index (χ3n) is 1.92. The van der Waals surface area contributed by atoms with E-state index in [1.807, 2.05) is 0 Å². The minimum Gasteiger partial charge on any atom is -0.366 e. The highest BCUT2D eigenvalue weighted by Gasteiger charge is 2.14. The molecule has 0 fully saturated rings. The van der Waals surface area contributed by atoms with Gasteiger partial charge in [-0.25, -0.2) is 4.39 Å². The van der Waals surface area contributed by atoms with Gasteiger partial charge >= 0.3 is 0 Å². The third-order valence-corrected chi connectivity index (χ3v) is 1.92. The highest BCUT2D eigenvalue weighted by Crippen LogP contribution is 2.24. The van der Waals surface area contributed by atoms with Crippen LogP contribution in [0.3, 0.4) is 0 Å². The summed E-state index contributed by atoms with van der Waals surface area (Å²) in [7, 11) is 0. The lowest BCUT2D eigenvalue weighted by Crippen LogP contribution is -1.92. The Morgan fingerprint density at radius 2 is 2.25 bits per heavy atom. The van der Waals surface area contributed by atoms with Crippen LogP contribution in [0.4, 0.5) is 16.0 Å². The summed E-state index contributed by atoms with van der Waals surface area (Å²) in [5.41, 5.74) is 4.98. The van der Waals surface area contributed by atoms with E-state index >= 15 is 0 Å². The standard InChI is InChI=1S/C8H6FN5O2/c9-6-2-1-4(14(15)16)3-5(6)7-11-8(10)13-12-7/h1-3H,(H3,10,11,12,13). The van der Waals surface area contributed by atoms with Gasteiger partial charge in [0.05, 0.1) is 10.5 Å². The summed E-state index contributed by atoms with van der Waals surface area (Å²) in [6, 6.07) is 3.13. The van der Waals surface area contributed by atoms with Crippen molar-refractivity contribution >= 4 is 11.6 Å². The molecule has 0 aliphatic rings. The quantitative estimate of drug-likeness (QED) is 0.585. The average Bonchev–Trinajstić information content (AvgIpc) is 2.65. The largest absolute Gasteiger partial charge is 0.366 e. The average molecular weight is 223 g/mol. The maximum absolute atomic E-state index is 13.4. The summed E-state index contributed by atoms with van der Waals surface area (Å²) in [4.78, 5) is 13.6. The number of aromatic amines is 1. The second kappa shape index (κ2) is 3.57. The SMILES string of the molecule is Nc1n[nH]c(-c2cc([N+](=O)[O-])ccc2F)n1. The van der Waals surface area contributed by atoms with Crippen molar-refractivity contribution in [3.05, 3.63) is 34.1 Å². The van der Waals surface area contributed by atoms with Gasteiger partial charge in [0.25, 0.3) is 5.69 Å². The number of halogens is 1. The first-order chi connectivity index (χ1) is 7.58. The summed E-state index contributed by atoms with van der Waals surface area (Å²) in [6.07, 6.45) is 0. The smallest absolute Gasteiger partial charge is 0.270 e. The zero-order valence-electron chi connectivity index (χ0n) is 7.85. The fourth-order valence-electron chi connectivity index (χ4n) is 1.20. The van der Waals surface area contributed by atoms with Gasteiger partial charge in [-0.3, -0.25) is 15.2 Å². The lowest BCUT2D eigenvalue weighted by molar-refractivity contribution is -0.384. The first-order valence-electron chi connectivity index (χ1n) is 4.20. The molecular weight excluding hydrogens is 217 g/mol. The number of benzene rings is 1. The normalized spacial score (nSPS) is 10.3. The van der Waals surface area contributed by atoms with Crippen LogP contribution in [0, 0.1) is 15.9 Å². The Morgan fingerprint density at radius 3 is 2.81 bits per heavy atom. The van der Waals surface area contributed by atoms with Crippen molar-refractivity contribution in [3.63, 3.8) is 0 Å². The van der Waals surface area contributed by atoms with Crippen LogP contribution in [0.5, 0.6) is 0 Å². The van der Waals surface area contributed by atoms with E-state index in [0.29, 0.717) is 0 Å². The molecule has 0 saturated carbocycles. The molecule has 82 valence electrons. The van der Waals surface area contributed by atoms with Crippen LogP contribution < -0.4 is 5.73 Å². The Labute approximate surface area is 88.3 Å². The molecule has 0 aliphatic carbocycles. The van der Waals surface area contributed by atoms with Gasteiger partial charge in [0.2, 0.25) is 5.95 Å². The summed E-state index contributed by atoms with van der Waals surface area (Å²) in [5, 5.41) is 16.4. The Morgan fingerprint density at radius 1 is 1.50 bits per heavy atom. The number of hydrogen-bond donors (Lipinski definition) is 2. The molecule has 3 N–H and O–H groups in total. The van der Waals surface area contributed by atoms with Gasteiger partial charge in [-0.1, -0.05) is 0 Å². The van der Waals surface area contributed by atoms with Crippen LogP contribution in [0.15, 0.2) is 18.2 Å². The number of aromatic nitrogens is 3. The van der Waals surface area contributed by atoms with E-state index < -0.39 is 10.7 Å². The molecule has 0 bridgehead atoms. The van der Waals surface area contributed by atoms with E-state index in [2.05, 4.69) is 15.2 Å². The van der Waals surface area contributed by atoms with E-state index in [-0.39, 0.29) is 23.0 Å². The van der Waals surface area contributed by atoms with Gasteiger partial charge in [0.1, 0.15) is 5.82 Å². The van der Waals surface area contributed by atoms with Crippen molar-refractivity contribution in [3.8, 4) is 11.4 Å². The Kier molecular flexibility index (Phi) is 2.24. The third kappa shape index (κ3) is 1.67. The monoisotopic (exact) mass is 223 g/mol. The lowest BCUT2D eigenvalue weighted by atomic mass is 10.2. The van der Waals surface area contributed by atoms with Crippen LogP contribution >= 0.6 is 0 Å². The van der Waals surface area contributed by atoms with Crippen molar-refractivity contribution in [2.75, 3.05) is 5.73 Å². The van der Waals surface area contributed by atoms with Crippen LogP contribution in [0.2, 0.25) is 0 Å². The van der Waals surface area contributed by atoms with E-state index in [9.17, 15) is 14.5 Å². The van der Waals surface area contributed by atoms with Gasteiger partial charge in [-0.2, -0.15) is 4.98 Å². The molecule has 7 nitrogen and oxygen atoms in total. The highest BCUT2D eigenvalue weighted by molar-refractivity contribution is 5.60. The van der Waals surface area contributed by atoms with E-state index in [1.54, 1.807) is 0 Å². The number of H-pyrrole nitrogens is 1. The number of nitrogens with two attached hydrogens (primary N) is 1. The molecular formula is C8H6FN5O2. The fraction of sp³-hybridized carbons (Fsp3) is 0. The number of nitrogens with zero attached hydrogens (tertiary/aromatic N) is 3. The first kappa shape index (κ1) is 10.0. The van der Waals surface area contributed by atoms with E-state index in [4.69, 9.17) is 5.73 Å². The predicted molar refractivity (Wildman–Crippen MR) is 52.8 cm³/mol. The summed E-state index contributed by atoms with van der Waals surface area (Å²) in [5.74, 6) is -0.638. The number of nitro groups is 1. The number of rotatable bonds is 2. The number of non-ortho nitro benzene ring substituents is 1. The Hall–Kier alpha value is -2.51. The van der Waals surface area contributed by atoms with Crippen molar-refractivity contribution in [2.45, 2.75) is 0 Å². The van der Waals surface area contributed by atoms with Crippen molar-refractivity contribution in [2.24, 2.45) is 0 Å². The molecule has 0 saturated heterocycles. The van der Waals surface area contributed by atoms with E-state index in [0.717, 1.165) is 18.2 Å². The molecule has 0 atom stereocenters. The number of nitro benzene ring substituents is 1. The maximum Gasteiger partial charge on any atom is 0.270 e. The van der Waals surface area contributed by atoms with Crippen molar-refractivity contribution in [1.82, 2.24) is 15.2 Å². The molecule has 0 amide bonds. The Balaban J connectivity index is 2.55. The topological polar surface area (TPSA) is 111 Å². The van der Waals surface area contributed by atoms with Crippen LogP contribution in [-0.2, 0) is 0 Å². The van der Waals surface area contributed by atoms with Gasteiger partial charge in [-0.15, -0.1) is 5.10 Å². The Bertz CT molecular complexity index is 553. The molecule has 1 aromatic heterocycles. The van der Waals surface area contributed by atoms with Gasteiger partial charge in [0.15, 0.2) is 5.82 Å². The molecule has 1 aromatic carbocycles. The van der Waals surface area contributed by atoms with Gasteiger partial charge < -0.3 is 5.73 Å². The summed E-state index contributed by atoms with van der Waals surface area (Å²) >= 11 is 0. The lowest BCUT2D eigenvalue weighted by Gasteiger charge is -1.98. The van der Waals surface area contributed by atoms with Crippen LogP contribution in [0.1, 0.15) is 0 Å². The number of anilines is 1. The molecule has 0 aliphatic heterocycles. The number of nitrogens with one attached hydrogen (secondary N) is 1. The van der Waals surface area contributed by atoms with Crippen LogP contribution in [-0.4, -0.2) is 20.1 Å². The fourth-order valence-corrected chi connectivity index (χ4v) is 1.20. The molecule has 8 heteroatoms. The molecule has 2 aromatic rings. The zero-order valence-corrected chi connectivity index (χ0v) is 7.85. The van der Waals surface area contributed by atoms with Crippen LogP contribution in [0.25, 0.3) is 11.4 Å². The minimum absolute atomic E-state index is 0.0431. The summed E-state index contributed by atoms with van der Waals surface area (Å²) in [6.45, 7) is 0. The second-order valence-corrected chi connectivity index (χ2v) is 2.96. The molecule has 0 spiro atoms. The van der Waals surface area contributed by atoms with E-state index in [1.165, 1.54) is 0 Å². The minimum atomic E-state index is -0.637. The molecule has 0 radical (unpaired) electrons.